The van der Waals surface area contributed by atoms with Gasteiger partial charge in [0.1, 0.15) is 0 Å². The van der Waals surface area contributed by atoms with Gasteiger partial charge in [-0.15, -0.1) is 16.9 Å². The normalized spacial score (nSPS) is 10.5. The zero-order valence-electron chi connectivity index (χ0n) is 12.7. The quantitative estimate of drug-likeness (QED) is 0.629. The third kappa shape index (κ3) is 4.24. The average Bonchev–Trinajstić information content (AvgIpc) is 3.11. The van der Waals surface area contributed by atoms with Gasteiger partial charge < -0.3 is 5.32 Å². The van der Waals surface area contributed by atoms with Gasteiger partial charge in [-0.2, -0.15) is 0 Å². The van der Waals surface area contributed by atoms with Gasteiger partial charge in [-0.3, -0.25) is 4.79 Å². The minimum atomic E-state index is -0.0258. The van der Waals surface area contributed by atoms with E-state index < -0.39 is 0 Å². The molecule has 0 saturated heterocycles. The summed E-state index contributed by atoms with van der Waals surface area (Å²) in [6.07, 6.45) is 3.78. The summed E-state index contributed by atoms with van der Waals surface area (Å²) in [6.45, 7) is 0. The summed E-state index contributed by atoms with van der Waals surface area (Å²) >= 11 is 5.16. The van der Waals surface area contributed by atoms with Crippen molar-refractivity contribution >= 4 is 39.3 Å². The van der Waals surface area contributed by atoms with Crippen LogP contribution in [-0.4, -0.2) is 26.7 Å². The van der Waals surface area contributed by atoms with Crippen molar-refractivity contribution in [3.8, 4) is 5.69 Å². The van der Waals surface area contributed by atoms with E-state index in [0.717, 1.165) is 20.7 Å². The third-order valence-electron chi connectivity index (χ3n) is 3.27. The summed E-state index contributed by atoms with van der Waals surface area (Å²) in [4.78, 5) is 13.4. The smallest absolute Gasteiger partial charge is 0.225 e. The summed E-state index contributed by atoms with van der Waals surface area (Å²) in [5.74, 6) is 0.682. The van der Waals surface area contributed by atoms with Crippen molar-refractivity contribution in [2.75, 3.05) is 11.1 Å². The zero-order chi connectivity index (χ0) is 16.8. The van der Waals surface area contributed by atoms with E-state index in [1.54, 1.807) is 28.8 Å². The van der Waals surface area contributed by atoms with Gasteiger partial charge in [0, 0.05) is 21.5 Å². The van der Waals surface area contributed by atoms with E-state index in [2.05, 4.69) is 31.6 Å². The maximum atomic E-state index is 12.2. The maximum Gasteiger partial charge on any atom is 0.225 e. The second-order valence-corrected chi connectivity index (χ2v) is 6.93. The average molecular weight is 403 g/mol. The van der Waals surface area contributed by atoms with Crippen molar-refractivity contribution in [1.29, 1.82) is 0 Å². The van der Waals surface area contributed by atoms with Gasteiger partial charge in [-0.25, -0.2) is 4.68 Å². The number of rotatable bonds is 6. The largest absolute Gasteiger partial charge is 0.324 e. The Hall–Kier alpha value is -2.12. The maximum absolute atomic E-state index is 12.2. The lowest BCUT2D eigenvalue weighted by Crippen LogP contribution is -2.14. The highest BCUT2D eigenvalue weighted by Crippen LogP contribution is 2.27. The summed E-state index contributed by atoms with van der Waals surface area (Å²) in [5, 5.41) is 10.7. The molecule has 5 nitrogen and oxygen atoms in total. The van der Waals surface area contributed by atoms with Crippen LogP contribution in [0.4, 0.5) is 5.69 Å². The molecule has 7 heteroatoms. The lowest BCUT2D eigenvalue weighted by atomic mass is 10.2. The van der Waals surface area contributed by atoms with Crippen molar-refractivity contribution in [1.82, 2.24) is 15.0 Å². The minimum Gasteiger partial charge on any atom is -0.324 e. The molecule has 0 unspecified atom stereocenters. The lowest BCUT2D eigenvalue weighted by Gasteiger charge is -2.10. The molecule has 1 heterocycles. The molecule has 1 aromatic heterocycles. The number of carbonyl (C=O) groups excluding carboxylic acids is 1. The number of thioether (sulfide) groups is 1. The number of carbonyl (C=O) groups is 1. The van der Waals surface area contributed by atoms with E-state index in [0.29, 0.717) is 12.2 Å². The van der Waals surface area contributed by atoms with Crippen LogP contribution in [0, 0.1) is 0 Å². The highest BCUT2D eigenvalue weighted by molar-refractivity contribution is 9.10. The number of amides is 1. The molecule has 0 atom stereocenters. The Kier molecular flexibility index (Phi) is 5.66. The fourth-order valence-electron chi connectivity index (χ4n) is 2.14. The molecule has 1 N–H and O–H groups in total. The molecular formula is C17H15BrN4OS. The van der Waals surface area contributed by atoms with Crippen LogP contribution in [0.25, 0.3) is 5.69 Å². The van der Waals surface area contributed by atoms with Gasteiger partial charge >= 0.3 is 0 Å². The lowest BCUT2D eigenvalue weighted by molar-refractivity contribution is -0.115. The first-order valence-corrected chi connectivity index (χ1v) is 9.15. The van der Waals surface area contributed by atoms with Crippen LogP contribution in [0.5, 0.6) is 0 Å². The molecular weight excluding hydrogens is 388 g/mol. The van der Waals surface area contributed by atoms with E-state index in [1.165, 1.54) is 0 Å². The topological polar surface area (TPSA) is 59.8 Å². The molecule has 0 bridgehead atoms. The number of aromatic nitrogens is 3. The first-order chi connectivity index (χ1) is 11.7. The minimum absolute atomic E-state index is 0.0258. The van der Waals surface area contributed by atoms with Gasteiger partial charge in [0.05, 0.1) is 23.8 Å². The Morgan fingerprint density at radius 1 is 1.17 bits per heavy atom. The molecule has 3 aromatic rings. The van der Waals surface area contributed by atoms with Crippen LogP contribution in [0.1, 0.15) is 6.42 Å². The second kappa shape index (κ2) is 8.12. The van der Waals surface area contributed by atoms with Gasteiger partial charge in [-0.05, 0) is 40.2 Å². The molecule has 0 spiro atoms. The molecule has 0 radical (unpaired) electrons. The number of nitrogens with zero attached hydrogens (tertiary/aromatic N) is 3. The van der Waals surface area contributed by atoms with Gasteiger partial charge in [-0.1, -0.05) is 29.5 Å². The molecule has 0 aliphatic carbocycles. The number of hydrogen-bond acceptors (Lipinski definition) is 4. The fraction of sp³-hybridized carbons (Fsp3) is 0.118. The van der Waals surface area contributed by atoms with Gasteiger partial charge in [0.2, 0.25) is 5.91 Å². The Labute approximate surface area is 152 Å². The van der Waals surface area contributed by atoms with E-state index in [9.17, 15) is 4.79 Å². The summed E-state index contributed by atoms with van der Waals surface area (Å²) in [6, 6.07) is 15.5. The second-order valence-electron chi connectivity index (χ2n) is 4.94. The summed E-state index contributed by atoms with van der Waals surface area (Å²) < 4.78 is 2.68. The molecule has 0 saturated carbocycles. The number of para-hydroxylation sites is 2. The zero-order valence-corrected chi connectivity index (χ0v) is 15.1. The SMILES string of the molecule is O=C(CCSc1ccccc1Br)Nc1ccccc1-n1ccnn1. The molecule has 0 aliphatic rings. The Balaban J connectivity index is 1.59. The summed E-state index contributed by atoms with van der Waals surface area (Å²) in [7, 11) is 0. The van der Waals surface area contributed by atoms with E-state index in [1.807, 2.05) is 48.5 Å². The highest BCUT2D eigenvalue weighted by Gasteiger charge is 2.09. The molecule has 3 rings (SSSR count). The summed E-state index contributed by atoms with van der Waals surface area (Å²) in [5.41, 5.74) is 1.51. The van der Waals surface area contributed by atoms with Crippen molar-refractivity contribution in [2.24, 2.45) is 0 Å². The number of nitrogens with one attached hydrogen (secondary N) is 1. The monoisotopic (exact) mass is 402 g/mol. The molecule has 1 amide bonds. The number of anilines is 1. The van der Waals surface area contributed by atoms with Crippen molar-refractivity contribution in [2.45, 2.75) is 11.3 Å². The van der Waals surface area contributed by atoms with Crippen LogP contribution >= 0.6 is 27.7 Å². The standard InChI is InChI=1S/C17H15BrN4OS/c18-13-5-1-4-8-16(13)24-12-9-17(23)20-14-6-2-3-7-15(14)22-11-10-19-21-22/h1-8,10-11H,9,12H2,(H,20,23). The Morgan fingerprint density at radius 3 is 2.75 bits per heavy atom. The van der Waals surface area contributed by atoms with Crippen molar-refractivity contribution in [3.63, 3.8) is 0 Å². The fourth-order valence-corrected chi connectivity index (χ4v) is 3.66. The number of hydrogen-bond donors (Lipinski definition) is 1. The van der Waals surface area contributed by atoms with Crippen LogP contribution in [0.3, 0.4) is 0 Å². The van der Waals surface area contributed by atoms with Crippen LogP contribution < -0.4 is 5.32 Å². The van der Waals surface area contributed by atoms with E-state index in [-0.39, 0.29) is 5.91 Å². The molecule has 2 aromatic carbocycles. The van der Waals surface area contributed by atoms with Crippen LogP contribution in [0.15, 0.2) is 70.3 Å². The van der Waals surface area contributed by atoms with Gasteiger partial charge in [0.15, 0.2) is 0 Å². The van der Waals surface area contributed by atoms with Gasteiger partial charge in [0.25, 0.3) is 0 Å². The predicted molar refractivity (Wildman–Crippen MR) is 99.5 cm³/mol. The Morgan fingerprint density at radius 2 is 1.96 bits per heavy atom. The molecule has 0 fully saturated rings. The molecule has 0 aliphatic heterocycles. The first kappa shape index (κ1) is 16.7. The predicted octanol–water partition coefficient (Wildman–Crippen LogP) is 4.15. The first-order valence-electron chi connectivity index (χ1n) is 7.37. The number of benzene rings is 2. The third-order valence-corrected chi connectivity index (χ3v) is 5.30. The number of halogens is 1. The molecule has 24 heavy (non-hydrogen) atoms. The van der Waals surface area contributed by atoms with Crippen LogP contribution in [-0.2, 0) is 4.79 Å². The van der Waals surface area contributed by atoms with E-state index in [4.69, 9.17) is 0 Å². The highest BCUT2D eigenvalue weighted by atomic mass is 79.9. The van der Waals surface area contributed by atoms with E-state index >= 15 is 0 Å². The Bertz CT molecular complexity index is 823. The molecule has 122 valence electrons. The van der Waals surface area contributed by atoms with Crippen molar-refractivity contribution < 1.29 is 4.79 Å². The van der Waals surface area contributed by atoms with Crippen molar-refractivity contribution in [3.05, 3.63) is 65.4 Å². The van der Waals surface area contributed by atoms with Crippen LogP contribution in [0.2, 0.25) is 0 Å².